The summed E-state index contributed by atoms with van der Waals surface area (Å²) >= 11 is 5.95. The van der Waals surface area contributed by atoms with E-state index < -0.39 is 23.0 Å². The second-order valence-electron chi connectivity index (χ2n) is 5.40. The van der Waals surface area contributed by atoms with E-state index in [2.05, 4.69) is 5.32 Å². The lowest BCUT2D eigenvalue weighted by Crippen LogP contribution is -2.24. The van der Waals surface area contributed by atoms with Gasteiger partial charge in [0.05, 0.1) is 11.2 Å². The predicted molar refractivity (Wildman–Crippen MR) is 93.2 cm³/mol. The minimum atomic E-state index is -0.923. The Labute approximate surface area is 146 Å². The molecule has 0 aliphatic carbocycles. The largest absolute Gasteiger partial charge is 0.347 e. The average Bonchev–Trinajstić information content (AvgIpc) is 2.58. The standard InChI is InChI=1S/C18H13ClF2N2O2/c1-2-23-9-13(17(24)12-7-10(19)3-6-16(12)23)18(25)22-15-5-4-11(20)8-14(15)21/h3-9H,2H2,1H3,(H,22,25). The van der Waals surface area contributed by atoms with Crippen molar-refractivity contribution in [3.8, 4) is 0 Å². The third-order valence-corrected chi connectivity index (χ3v) is 4.04. The Hall–Kier alpha value is -2.73. The fourth-order valence-corrected chi connectivity index (χ4v) is 2.75. The van der Waals surface area contributed by atoms with E-state index >= 15 is 0 Å². The van der Waals surface area contributed by atoms with Gasteiger partial charge in [-0.05, 0) is 37.3 Å². The summed E-state index contributed by atoms with van der Waals surface area (Å²) in [5.74, 6) is -2.46. The van der Waals surface area contributed by atoms with Gasteiger partial charge in [0, 0.05) is 29.2 Å². The molecule has 0 spiro atoms. The van der Waals surface area contributed by atoms with Gasteiger partial charge in [-0.3, -0.25) is 9.59 Å². The molecule has 7 heteroatoms. The first-order valence-corrected chi connectivity index (χ1v) is 7.87. The van der Waals surface area contributed by atoms with Crippen LogP contribution in [0.3, 0.4) is 0 Å². The van der Waals surface area contributed by atoms with Crippen LogP contribution in [-0.2, 0) is 6.54 Å². The molecule has 2 aromatic carbocycles. The Balaban J connectivity index is 2.10. The third kappa shape index (κ3) is 3.25. The molecular weight excluding hydrogens is 350 g/mol. The van der Waals surface area contributed by atoms with E-state index in [9.17, 15) is 18.4 Å². The molecule has 1 amide bonds. The number of nitrogens with one attached hydrogen (secondary N) is 1. The summed E-state index contributed by atoms with van der Waals surface area (Å²) < 4.78 is 28.4. The number of aromatic nitrogens is 1. The fourth-order valence-electron chi connectivity index (χ4n) is 2.57. The Morgan fingerprint density at radius 1 is 1.20 bits per heavy atom. The topological polar surface area (TPSA) is 51.1 Å². The summed E-state index contributed by atoms with van der Waals surface area (Å²) in [5, 5.41) is 2.96. The molecule has 128 valence electrons. The van der Waals surface area contributed by atoms with Crippen molar-refractivity contribution in [3.05, 3.63) is 75.0 Å². The number of aryl methyl sites for hydroxylation is 1. The molecule has 0 saturated heterocycles. The average molecular weight is 363 g/mol. The van der Waals surface area contributed by atoms with E-state index in [1.54, 1.807) is 16.7 Å². The lowest BCUT2D eigenvalue weighted by atomic mass is 10.1. The van der Waals surface area contributed by atoms with Gasteiger partial charge in [0.25, 0.3) is 5.91 Å². The molecule has 0 unspecified atom stereocenters. The molecule has 0 atom stereocenters. The van der Waals surface area contributed by atoms with Crippen LogP contribution >= 0.6 is 11.6 Å². The van der Waals surface area contributed by atoms with E-state index in [0.29, 0.717) is 28.5 Å². The van der Waals surface area contributed by atoms with Crippen molar-refractivity contribution in [1.82, 2.24) is 4.57 Å². The van der Waals surface area contributed by atoms with Crippen molar-refractivity contribution < 1.29 is 13.6 Å². The minimum Gasteiger partial charge on any atom is -0.347 e. The highest BCUT2D eigenvalue weighted by Crippen LogP contribution is 2.19. The second kappa shape index (κ2) is 6.64. The van der Waals surface area contributed by atoms with Gasteiger partial charge in [0.1, 0.15) is 17.2 Å². The first kappa shape index (κ1) is 17.1. The number of hydrogen-bond donors (Lipinski definition) is 1. The van der Waals surface area contributed by atoms with E-state index in [1.165, 1.54) is 12.3 Å². The number of rotatable bonds is 3. The number of amides is 1. The maximum absolute atomic E-state index is 13.7. The summed E-state index contributed by atoms with van der Waals surface area (Å²) in [7, 11) is 0. The van der Waals surface area contributed by atoms with Gasteiger partial charge in [0.2, 0.25) is 5.43 Å². The number of carbonyl (C=O) groups excluding carboxylic acids is 1. The molecule has 1 N–H and O–H groups in total. The van der Waals surface area contributed by atoms with Crippen molar-refractivity contribution in [1.29, 1.82) is 0 Å². The highest BCUT2D eigenvalue weighted by atomic mass is 35.5. The third-order valence-electron chi connectivity index (χ3n) is 3.81. The Morgan fingerprint density at radius 2 is 1.96 bits per heavy atom. The van der Waals surface area contributed by atoms with Crippen LogP contribution in [-0.4, -0.2) is 10.5 Å². The van der Waals surface area contributed by atoms with Crippen LogP contribution in [0.2, 0.25) is 5.02 Å². The van der Waals surface area contributed by atoms with Crippen LogP contribution in [0.1, 0.15) is 17.3 Å². The zero-order chi connectivity index (χ0) is 18.1. The molecular formula is C18H13ClF2N2O2. The number of pyridine rings is 1. The molecule has 0 bridgehead atoms. The fraction of sp³-hybridized carbons (Fsp3) is 0.111. The van der Waals surface area contributed by atoms with Gasteiger partial charge >= 0.3 is 0 Å². The predicted octanol–water partition coefficient (Wildman–Crippen LogP) is 4.21. The molecule has 0 aliphatic rings. The number of fused-ring (bicyclic) bond motifs is 1. The van der Waals surface area contributed by atoms with E-state index in [-0.39, 0.29) is 11.3 Å². The molecule has 4 nitrogen and oxygen atoms in total. The summed E-state index contributed by atoms with van der Waals surface area (Å²) in [6.07, 6.45) is 1.41. The van der Waals surface area contributed by atoms with Gasteiger partial charge in [-0.25, -0.2) is 8.78 Å². The summed E-state index contributed by atoms with van der Waals surface area (Å²) in [4.78, 5) is 25.1. The van der Waals surface area contributed by atoms with Crippen molar-refractivity contribution >= 4 is 34.1 Å². The SMILES string of the molecule is CCn1cc(C(=O)Nc2ccc(F)cc2F)c(=O)c2cc(Cl)ccc21. The van der Waals surface area contributed by atoms with Crippen molar-refractivity contribution in [3.63, 3.8) is 0 Å². The number of hydrogen-bond acceptors (Lipinski definition) is 2. The van der Waals surface area contributed by atoms with Gasteiger partial charge < -0.3 is 9.88 Å². The zero-order valence-corrected chi connectivity index (χ0v) is 13.9. The maximum Gasteiger partial charge on any atom is 0.261 e. The van der Waals surface area contributed by atoms with Crippen LogP contribution in [0.25, 0.3) is 10.9 Å². The Morgan fingerprint density at radius 3 is 2.64 bits per heavy atom. The van der Waals surface area contributed by atoms with Crippen LogP contribution in [0, 0.1) is 11.6 Å². The lowest BCUT2D eigenvalue weighted by molar-refractivity contribution is 0.102. The molecule has 25 heavy (non-hydrogen) atoms. The summed E-state index contributed by atoms with van der Waals surface area (Å²) in [5.41, 5.74) is -0.232. The van der Waals surface area contributed by atoms with E-state index in [1.807, 2.05) is 6.92 Å². The molecule has 1 heterocycles. The van der Waals surface area contributed by atoms with Crippen molar-refractivity contribution in [2.75, 3.05) is 5.32 Å². The molecule has 0 fully saturated rings. The maximum atomic E-state index is 13.7. The van der Waals surface area contributed by atoms with E-state index in [4.69, 9.17) is 11.6 Å². The van der Waals surface area contributed by atoms with E-state index in [0.717, 1.165) is 12.1 Å². The summed E-state index contributed by atoms with van der Waals surface area (Å²) in [6, 6.07) is 7.61. The lowest BCUT2D eigenvalue weighted by Gasteiger charge is -2.12. The van der Waals surface area contributed by atoms with Crippen molar-refractivity contribution in [2.24, 2.45) is 0 Å². The highest BCUT2D eigenvalue weighted by Gasteiger charge is 2.17. The second-order valence-corrected chi connectivity index (χ2v) is 5.83. The van der Waals surface area contributed by atoms with Crippen LogP contribution < -0.4 is 10.7 Å². The molecule has 3 rings (SSSR count). The number of carbonyl (C=O) groups is 1. The quantitative estimate of drug-likeness (QED) is 0.759. The van der Waals surface area contributed by atoms with Crippen LogP contribution in [0.5, 0.6) is 0 Å². The normalized spacial score (nSPS) is 10.9. The van der Waals surface area contributed by atoms with Gasteiger partial charge in [0.15, 0.2) is 0 Å². The highest BCUT2D eigenvalue weighted by molar-refractivity contribution is 6.31. The van der Waals surface area contributed by atoms with Gasteiger partial charge in [-0.15, -0.1) is 0 Å². The first-order chi connectivity index (χ1) is 11.9. The number of halogens is 3. The smallest absolute Gasteiger partial charge is 0.261 e. The van der Waals surface area contributed by atoms with Crippen molar-refractivity contribution in [2.45, 2.75) is 13.5 Å². The molecule has 0 aliphatic heterocycles. The molecule has 0 radical (unpaired) electrons. The Bertz CT molecular complexity index is 1050. The molecule has 1 aromatic heterocycles. The van der Waals surface area contributed by atoms with Crippen LogP contribution in [0.15, 0.2) is 47.4 Å². The van der Waals surface area contributed by atoms with Gasteiger partial charge in [-0.1, -0.05) is 11.6 Å². The monoisotopic (exact) mass is 362 g/mol. The summed E-state index contributed by atoms with van der Waals surface area (Å²) in [6.45, 7) is 2.38. The minimum absolute atomic E-state index is 0.152. The molecule has 0 saturated carbocycles. The zero-order valence-electron chi connectivity index (χ0n) is 13.1. The molecule has 3 aromatic rings. The first-order valence-electron chi connectivity index (χ1n) is 7.50. The van der Waals surface area contributed by atoms with Crippen LogP contribution in [0.4, 0.5) is 14.5 Å². The number of nitrogens with zero attached hydrogens (tertiary/aromatic N) is 1. The Kier molecular flexibility index (Phi) is 4.55. The number of anilines is 1. The number of benzene rings is 2. The van der Waals surface area contributed by atoms with Gasteiger partial charge in [-0.2, -0.15) is 0 Å².